The Morgan fingerprint density at radius 1 is 1.12 bits per heavy atom. The molecule has 19 heteroatoms. The summed E-state index contributed by atoms with van der Waals surface area (Å²) in [6, 6.07) is 1.37. The second kappa shape index (κ2) is 16.2. The van der Waals surface area contributed by atoms with Gasteiger partial charge in [-0.3, -0.25) is 19.1 Å². The number of allylic oxidation sites excluding steroid dienone is 1. The molecule has 58 heavy (non-hydrogen) atoms. The fourth-order valence-corrected chi connectivity index (χ4v) is 9.08. The summed E-state index contributed by atoms with van der Waals surface area (Å²) in [6.45, 7) is 4.76. The minimum absolute atomic E-state index is 0.0229. The Kier molecular flexibility index (Phi) is 12.0. The first kappa shape index (κ1) is 42.9. The number of benzene rings is 1. The second-order valence-corrected chi connectivity index (χ2v) is 18.2. The number of hydrogen-bond donors (Lipinski definition) is 3. The van der Waals surface area contributed by atoms with E-state index in [0.29, 0.717) is 57.8 Å². The lowest BCUT2D eigenvalue weighted by Gasteiger charge is -2.35. The third-order valence-corrected chi connectivity index (χ3v) is 13.4. The molecule has 0 unspecified atom stereocenters. The highest BCUT2D eigenvalue weighted by molar-refractivity contribution is 7.91. The predicted octanol–water partition coefficient (Wildman–Crippen LogP) is 5.05. The molecule has 1 aromatic heterocycles. The molecule has 2 aromatic rings. The van der Waals surface area contributed by atoms with Gasteiger partial charge in [-0.2, -0.15) is 13.2 Å². The quantitative estimate of drug-likeness (QED) is 0.228. The summed E-state index contributed by atoms with van der Waals surface area (Å²) >= 11 is 0. The molecular formula is C39H49F4N5O9S. The zero-order valence-electron chi connectivity index (χ0n) is 32.9. The van der Waals surface area contributed by atoms with Crippen LogP contribution in [-0.4, -0.2) is 96.5 Å². The number of methoxy groups -OCH3 is 1. The van der Waals surface area contributed by atoms with Gasteiger partial charge in [0.05, 0.1) is 18.9 Å². The van der Waals surface area contributed by atoms with Gasteiger partial charge >= 0.3 is 12.3 Å². The van der Waals surface area contributed by atoms with Gasteiger partial charge in [-0.05, 0) is 87.8 Å². The summed E-state index contributed by atoms with van der Waals surface area (Å²) in [7, 11) is -2.69. The van der Waals surface area contributed by atoms with Crippen molar-refractivity contribution in [3.63, 3.8) is 0 Å². The van der Waals surface area contributed by atoms with E-state index in [1.807, 2.05) is 13.0 Å². The largest absolute Gasteiger partial charge is 0.494 e. The molecular weight excluding hydrogens is 791 g/mol. The van der Waals surface area contributed by atoms with Crippen molar-refractivity contribution in [1.29, 1.82) is 0 Å². The Morgan fingerprint density at radius 2 is 1.84 bits per heavy atom. The van der Waals surface area contributed by atoms with Crippen LogP contribution in [0.25, 0.3) is 10.8 Å². The number of rotatable bonds is 9. The summed E-state index contributed by atoms with van der Waals surface area (Å²) in [5.41, 5.74) is -4.58. The lowest BCUT2D eigenvalue weighted by atomic mass is 9.85. The van der Waals surface area contributed by atoms with Crippen LogP contribution in [0.4, 0.5) is 22.4 Å². The number of fused-ring (bicyclic) bond motifs is 3. The van der Waals surface area contributed by atoms with Crippen LogP contribution < -0.4 is 24.8 Å². The summed E-state index contributed by atoms with van der Waals surface area (Å²) in [4.78, 5) is 61.7. The maximum atomic E-state index is 14.9. The third kappa shape index (κ3) is 8.98. The van der Waals surface area contributed by atoms with Gasteiger partial charge in [-0.1, -0.05) is 32.4 Å². The van der Waals surface area contributed by atoms with Gasteiger partial charge in [0, 0.05) is 23.9 Å². The van der Waals surface area contributed by atoms with Crippen molar-refractivity contribution in [2.75, 3.05) is 13.7 Å². The molecule has 2 aliphatic carbocycles. The molecule has 6 rings (SSSR count). The first-order valence-electron chi connectivity index (χ1n) is 19.4. The van der Waals surface area contributed by atoms with Crippen molar-refractivity contribution >= 4 is 44.6 Å². The molecule has 3 heterocycles. The van der Waals surface area contributed by atoms with E-state index in [9.17, 15) is 45.2 Å². The Bertz CT molecular complexity index is 2080. The van der Waals surface area contributed by atoms with Gasteiger partial charge < -0.3 is 29.7 Å². The fraction of sp³-hybridized carbons (Fsp3) is 0.615. The minimum atomic E-state index is -4.93. The van der Waals surface area contributed by atoms with Crippen LogP contribution in [0.15, 0.2) is 36.5 Å². The molecule has 4 aliphatic rings. The maximum absolute atomic E-state index is 14.9. The van der Waals surface area contributed by atoms with E-state index in [2.05, 4.69) is 20.3 Å². The average Bonchev–Trinajstić information content (AvgIpc) is 4.07. The average molecular weight is 840 g/mol. The topological polar surface area (TPSA) is 182 Å². The lowest BCUT2D eigenvalue weighted by Crippen LogP contribution is -2.59. The SMILES string of the molecule is CC[C@@H]1C[C@@H](C)CC/C=C\[C@@H]2C[C@@]2(C(=O)NS(=O)(=O)C2CC2)NC(=O)[C@@H]2C[C@@H](Oc3nccc4cc(OC)c(F)cc34)CN2C(=O)[C@H]1NC(=O)OC(C)(C)C(F)(F)F. The van der Waals surface area contributed by atoms with Crippen LogP contribution >= 0.6 is 0 Å². The number of carbonyl (C=O) groups is 4. The lowest BCUT2D eigenvalue weighted by molar-refractivity contribution is -0.244. The highest BCUT2D eigenvalue weighted by Crippen LogP contribution is 2.46. The van der Waals surface area contributed by atoms with Gasteiger partial charge in [0.15, 0.2) is 11.6 Å². The smallest absolute Gasteiger partial charge is 0.427 e. The Morgan fingerprint density at radius 3 is 2.50 bits per heavy atom. The Labute approximate surface area is 333 Å². The van der Waals surface area contributed by atoms with Crippen LogP contribution in [0.1, 0.15) is 79.1 Å². The van der Waals surface area contributed by atoms with Gasteiger partial charge in [0.2, 0.25) is 33.3 Å². The molecule has 3 N–H and O–H groups in total. The van der Waals surface area contributed by atoms with Gasteiger partial charge in [-0.25, -0.2) is 22.6 Å². The minimum Gasteiger partial charge on any atom is -0.494 e. The maximum Gasteiger partial charge on any atom is 0.427 e. The molecule has 2 aliphatic heterocycles. The number of carbonyl (C=O) groups excluding carboxylic acids is 4. The molecule has 14 nitrogen and oxygen atoms in total. The number of aromatic nitrogens is 1. The first-order valence-corrected chi connectivity index (χ1v) is 20.9. The Balaban J connectivity index is 1.37. The van der Waals surface area contributed by atoms with Gasteiger partial charge in [0.25, 0.3) is 5.91 Å². The van der Waals surface area contributed by atoms with Crippen LogP contribution in [0.3, 0.4) is 0 Å². The Hall–Kier alpha value is -4.68. The highest BCUT2D eigenvalue weighted by atomic mass is 32.2. The summed E-state index contributed by atoms with van der Waals surface area (Å²) < 4.78 is 100. The van der Waals surface area contributed by atoms with Crippen molar-refractivity contribution in [2.24, 2.45) is 17.8 Å². The number of hydrogen-bond acceptors (Lipinski definition) is 10. The summed E-state index contributed by atoms with van der Waals surface area (Å²) in [5, 5.41) is 5.19. The molecule has 7 atom stereocenters. The van der Waals surface area contributed by atoms with Crippen molar-refractivity contribution in [1.82, 2.24) is 25.2 Å². The molecule has 1 saturated heterocycles. The molecule has 318 valence electrons. The molecule has 0 spiro atoms. The van der Waals surface area contributed by atoms with Crippen molar-refractivity contribution in [3.05, 3.63) is 42.4 Å². The number of nitrogens with zero attached hydrogens (tertiary/aromatic N) is 2. The van der Waals surface area contributed by atoms with Gasteiger partial charge in [-0.15, -0.1) is 0 Å². The number of halogens is 4. The zero-order valence-corrected chi connectivity index (χ0v) is 33.7. The standard InChI is InChI=1S/C39H49F4N5O9S/c1-6-22-15-21(2)9-7-8-10-24-19-38(24,35(51)47-58(53,54)26-11-12-26)46-32(49)29-17-25(56-33-27-18-28(40)30(55-5)16-23(27)13-14-44-33)20-48(29)34(50)31(22)45-36(52)57-37(3,4)39(41,42)43/h8,10,13-14,16,18,21-22,24-26,29,31H,6-7,9,11-12,15,17,19-20H2,1-5H3,(H,45,52)(H,46,49)(H,47,51)/b10-8-/t21-,22+,24+,25+,29-,31-,38+/m0/s1. The van der Waals surface area contributed by atoms with Crippen LogP contribution in [-0.2, 0) is 29.1 Å². The van der Waals surface area contributed by atoms with E-state index in [-0.39, 0.29) is 42.3 Å². The molecule has 2 saturated carbocycles. The van der Waals surface area contributed by atoms with E-state index in [0.717, 1.165) is 4.90 Å². The van der Waals surface area contributed by atoms with Crippen molar-refractivity contribution in [2.45, 2.75) is 120 Å². The van der Waals surface area contributed by atoms with Gasteiger partial charge in [0.1, 0.15) is 23.7 Å². The third-order valence-electron chi connectivity index (χ3n) is 11.6. The predicted molar refractivity (Wildman–Crippen MR) is 201 cm³/mol. The number of sulfonamides is 1. The molecule has 3 fully saturated rings. The molecule has 0 radical (unpaired) electrons. The number of alkyl halides is 3. The van der Waals surface area contributed by atoms with E-state index < -0.39 is 92.2 Å². The fourth-order valence-electron chi connectivity index (χ4n) is 7.72. The van der Waals surface area contributed by atoms with E-state index >= 15 is 0 Å². The first-order chi connectivity index (χ1) is 27.2. The van der Waals surface area contributed by atoms with E-state index in [1.165, 1.54) is 25.4 Å². The van der Waals surface area contributed by atoms with E-state index in [4.69, 9.17) is 14.2 Å². The number of pyridine rings is 1. The van der Waals surface area contributed by atoms with Crippen molar-refractivity contribution in [3.8, 4) is 11.6 Å². The summed E-state index contributed by atoms with van der Waals surface area (Å²) in [6.07, 6.45) is 0.0786. The summed E-state index contributed by atoms with van der Waals surface area (Å²) in [5.74, 6) is -4.56. The van der Waals surface area contributed by atoms with Crippen LogP contribution in [0.5, 0.6) is 11.6 Å². The second-order valence-electron chi connectivity index (χ2n) is 16.3. The molecule has 0 bridgehead atoms. The molecule has 1 aromatic carbocycles. The zero-order chi connectivity index (χ0) is 42.4. The number of amides is 4. The number of nitrogens with one attached hydrogen (secondary N) is 3. The van der Waals surface area contributed by atoms with Crippen LogP contribution in [0, 0.1) is 23.6 Å². The normalized spacial score (nSPS) is 28.9. The highest BCUT2D eigenvalue weighted by Gasteiger charge is 2.62. The molecule has 4 amide bonds. The number of alkyl carbamates (subject to hydrolysis) is 1. The van der Waals surface area contributed by atoms with E-state index in [1.54, 1.807) is 19.1 Å². The monoisotopic (exact) mass is 839 g/mol. The van der Waals surface area contributed by atoms with Crippen molar-refractivity contribution < 1.29 is 59.4 Å². The number of ether oxygens (including phenoxy) is 3. The van der Waals surface area contributed by atoms with Crippen LogP contribution in [0.2, 0.25) is 0 Å².